The highest BCUT2D eigenvalue weighted by Crippen LogP contribution is 2.48. The first-order chi connectivity index (χ1) is 11.6. The van der Waals surface area contributed by atoms with E-state index in [2.05, 4.69) is 0 Å². The monoisotopic (exact) mass is 320 g/mol. The largest absolute Gasteiger partial charge is 0.508 e. The first-order valence-corrected chi connectivity index (χ1v) is 7.96. The number of aromatic hydroxyl groups is 3. The fourth-order valence-electron chi connectivity index (χ4n) is 3.46. The molecule has 3 rings (SSSR count). The van der Waals surface area contributed by atoms with Crippen molar-refractivity contribution in [2.24, 2.45) is 0 Å². The van der Waals surface area contributed by atoms with Crippen LogP contribution in [0.25, 0.3) is 0 Å². The van der Waals surface area contributed by atoms with Crippen LogP contribution in [-0.4, -0.2) is 15.3 Å². The molecule has 0 amide bonds. The molecule has 3 aromatic rings. The Morgan fingerprint density at radius 2 is 1.12 bits per heavy atom. The van der Waals surface area contributed by atoms with E-state index in [4.69, 9.17) is 0 Å². The van der Waals surface area contributed by atoms with Crippen LogP contribution in [0.15, 0.2) is 72.8 Å². The number of rotatable bonds is 4. The molecule has 3 heteroatoms. The first kappa shape index (κ1) is 15.9. The summed E-state index contributed by atoms with van der Waals surface area (Å²) < 4.78 is 0. The average Bonchev–Trinajstić information content (AvgIpc) is 2.60. The summed E-state index contributed by atoms with van der Waals surface area (Å²) in [7, 11) is 0. The van der Waals surface area contributed by atoms with Gasteiger partial charge in [0, 0.05) is 11.1 Å². The van der Waals surface area contributed by atoms with Gasteiger partial charge in [0.25, 0.3) is 0 Å². The summed E-state index contributed by atoms with van der Waals surface area (Å²) in [6, 6.07) is 21.3. The lowest BCUT2D eigenvalue weighted by atomic mass is 9.67. The van der Waals surface area contributed by atoms with Crippen LogP contribution in [0.5, 0.6) is 17.2 Å². The third-order valence-corrected chi connectivity index (χ3v) is 4.62. The molecule has 0 atom stereocenters. The van der Waals surface area contributed by atoms with E-state index in [1.54, 1.807) is 36.4 Å². The Bertz CT molecular complexity index is 792. The van der Waals surface area contributed by atoms with Crippen molar-refractivity contribution in [1.82, 2.24) is 0 Å². The van der Waals surface area contributed by atoms with Gasteiger partial charge in [-0.1, -0.05) is 55.5 Å². The number of hydrogen-bond donors (Lipinski definition) is 3. The Hall–Kier alpha value is -2.94. The lowest BCUT2D eigenvalue weighted by molar-refractivity contribution is 0.430. The second kappa shape index (κ2) is 6.28. The van der Waals surface area contributed by atoms with E-state index < -0.39 is 5.41 Å². The number of phenols is 3. The molecule has 0 spiro atoms. The molecule has 0 radical (unpaired) electrons. The second-order valence-electron chi connectivity index (χ2n) is 5.84. The number of benzene rings is 3. The fourth-order valence-corrected chi connectivity index (χ4v) is 3.46. The smallest absolute Gasteiger partial charge is 0.120 e. The second-order valence-corrected chi connectivity index (χ2v) is 5.84. The van der Waals surface area contributed by atoms with Gasteiger partial charge in [0.2, 0.25) is 0 Å². The minimum absolute atomic E-state index is 0.177. The average molecular weight is 320 g/mol. The van der Waals surface area contributed by atoms with E-state index in [-0.39, 0.29) is 17.2 Å². The number of hydrogen-bond acceptors (Lipinski definition) is 3. The van der Waals surface area contributed by atoms with E-state index >= 15 is 0 Å². The van der Waals surface area contributed by atoms with E-state index in [1.165, 1.54) is 0 Å². The Labute approximate surface area is 141 Å². The molecule has 0 aliphatic rings. The molecule has 122 valence electrons. The van der Waals surface area contributed by atoms with E-state index in [0.717, 1.165) is 16.7 Å². The summed E-state index contributed by atoms with van der Waals surface area (Å²) in [6.45, 7) is 2.02. The van der Waals surface area contributed by atoms with E-state index in [9.17, 15) is 15.3 Å². The summed E-state index contributed by atoms with van der Waals surface area (Å²) in [6.07, 6.45) is 0.632. The predicted molar refractivity (Wildman–Crippen MR) is 94.5 cm³/mol. The molecule has 0 aromatic heterocycles. The molecule has 0 aliphatic carbocycles. The van der Waals surface area contributed by atoms with Crippen LogP contribution >= 0.6 is 0 Å². The molecule has 0 fully saturated rings. The summed E-state index contributed by atoms with van der Waals surface area (Å²) in [5, 5.41) is 30.7. The fraction of sp³-hybridized carbons (Fsp3) is 0.143. The molecule has 0 aliphatic heterocycles. The summed E-state index contributed by atoms with van der Waals surface area (Å²) in [5.41, 5.74) is 1.62. The van der Waals surface area contributed by atoms with Gasteiger partial charge in [-0.3, -0.25) is 0 Å². The standard InChI is InChI=1S/C21H20O3/c1-2-21(15-11-13-16(22)14-12-15,17-7-3-5-9-19(17)23)18-8-4-6-10-20(18)24/h3-14,22-24H,2H2,1H3. The SMILES string of the molecule is CCC(c1ccc(O)cc1)(c1ccccc1O)c1ccccc1O. The van der Waals surface area contributed by atoms with Crippen molar-refractivity contribution in [3.05, 3.63) is 89.5 Å². The highest BCUT2D eigenvalue weighted by molar-refractivity contribution is 5.58. The molecule has 3 nitrogen and oxygen atoms in total. The summed E-state index contributed by atoms with van der Waals surface area (Å²) in [5.74, 6) is 0.532. The van der Waals surface area contributed by atoms with Gasteiger partial charge in [0.15, 0.2) is 0 Å². The summed E-state index contributed by atoms with van der Waals surface area (Å²) in [4.78, 5) is 0. The van der Waals surface area contributed by atoms with E-state index in [0.29, 0.717) is 6.42 Å². The molecule has 0 heterocycles. The van der Waals surface area contributed by atoms with Crippen molar-refractivity contribution < 1.29 is 15.3 Å². The third-order valence-electron chi connectivity index (χ3n) is 4.62. The topological polar surface area (TPSA) is 60.7 Å². The van der Waals surface area contributed by atoms with Gasteiger partial charge < -0.3 is 15.3 Å². The molecule has 3 N–H and O–H groups in total. The van der Waals surface area contributed by atoms with Crippen molar-refractivity contribution in [2.45, 2.75) is 18.8 Å². The van der Waals surface area contributed by atoms with Gasteiger partial charge in [0.05, 0.1) is 5.41 Å². The number of phenolic OH excluding ortho intramolecular Hbond substituents is 3. The van der Waals surface area contributed by atoms with Gasteiger partial charge in [-0.25, -0.2) is 0 Å². The Morgan fingerprint density at radius 3 is 1.54 bits per heavy atom. The maximum Gasteiger partial charge on any atom is 0.120 e. The molecule has 0 saturated carbocycles. The zero-order valence-electron chi connectivity index (χ0n) is 13.5. The van der Waals surface area contributed by atoms with E-state index in [1.807, 2.05) is 43.3 Å². The summed E-state index contributed by atoms with van der Waals surface area (Å²) >= 11 is 0. The minimum Gasteiger partial charge on any atom is -0.508 e. The van der Waals surface area contributed by atoms with Crippen LogP contribution in [0, 0.1) is 0 Å². The van der Waals surface area contributed by atoms with Crippen LogP contribution in [0.3, 0.4) is 0 Å². The molecule has 3 aromatic carbocycles. The van der Waals surface area contributed by atoms with Crippen LogP contribution < -0.4 is 0 Å². The molecule has 0 saturated heterocycles. The predicted octanol–water partition coefficient (Wildman–Crippen LogP) is 4.55. The Balaban J connectivity index is 2.38. The maximum atomic E-state index is 10.5. The lowest BCUT2D eigenvalue weighted by Gasteiger charge is -2.35. The zero-order chi connectivity index (χ0) is 17.2. The van der Waals surface area contributed by atoms with Crippen LogP contribution in [0.2, 0.25) is 0 Å². The Kier molecular flexibility index (Phi) is 4.17. The molecule has 0 bridgehead atoms. The Morgan fingerprint density at radius 1 is 0.667 bits per heavy atom. The van der Waals surface area contributed by atoms with Crippen LogP contribution in [-0.2, 0) is 5.41 Å². The van der Waals surface area contributed by atoms with Crippen molar-refractivity contribution in [3.8, 4) is 17.2 Å². The number of para-hydroxylation sites is 2. The normalized spacial score (nSPS) is 11.4. The maximum absolute atomic E-state index is 10.5. The highest BCUT2D eigenvalue weighted by atomic mass is 16.3. The van der Waals surface area contributed by atoms with Crippen molar-refractivity contribution in [2.75, 3.05) is 0 Å². The first-order valence-electron chi connectivity index (χ1n) is 7.96. The molecular formula is C21H20O3. The molecular weight excluding hydrogens is 300 g/mol. The highest BCUT2D eigenvalue weighted by Gasteiger charge is 2.38. The zero-order valence-corrected chi connectivity index (χ0v) is 13.5. The van der Waals surface area contributed by atoms with Gasteiger partial charge in [-0.05, 0) is 36.2 Å². The van der Waals surface area contributed by atoms with Gasteiger partial charge in [0.1, 0.15) is 17.2 Å². The molecule has 0 unspecified atom stereocenters. The quantitative estimate of drug-likeness (QED) is 0.618. The van der Waals surface area contributed by atoms with Crippen molar-refractivity contribution >= 4 is 0 Å². The minimum atomic E-state index is -0.718. The van der Waals surface area contributed by atoms with Crippen LogP contribution in [0.4, 0.5) is 0 Å². The van der Waals surface area contributed by atoms with Gasteiger partial charge in [-0.15, -0.1) is 0 Å². The third kappa shape index (κ3) is 2.48. The van der Waals surface area contributed by atoms with Gasteiger partial charge >= 0.3 is 0 Å². The van der Waals surface area contributed by atoms with Gasteiger partial charge in [-0.2, -0.15) is 0 Å². The van der Waals surface area contributed by atoms with Crippen molar-refractivity contribution in [3.63, 3.8) is 0 Å². The van der Waals surface area contributed by atoms with Crippen molar-refractivity contribution in [1.29, 1.82) is 0 Å². The van der Waals surface area contributed by atoms with Crippen LogP contribution in [0.1, 0.15) is 30.0 Å². The molecule has 24 heavy (non-hydrogen) atoms. The lowest BCUT2D eigenvalue weighted by Crippen LogP contribution is -2.28.